The van der Waals surface area contributed by atoms with Gasteiger partial charge in [-0.15, -0.1) is 0 Å². The van der Waals surface area contributed by atoms with Crippen LogP contribution in [-0.2, 0) is 6.42 Å². The summed E-state index contributed by atoms with van der Waals surface area (Å²) < 4.78 is 11.0. The molecule has 1 unspecified atom stereocenters. The van der Waals surface area contributed by atoms with E-state index >= 15 is 0 Å². The lowest BCUT2D eigenvalue weighted by Crippen LogP contribution is -2.06. The SMILES string of the molecule is CCCNc1cc(OC)cc2c1CC(C)O2. The van der Waals surface area contributed by atoms with Gasteiger partial charge in [0, 0.05) is 36.3 Å². The van der Waals surface area contributed by atoms with E-state index in [2.05, 4.69) is 25.2 Å². The molecule has 0 radical (unpaired) electrons. The quantitative estimate of drug-likeness (QED) is 0.848. The Morgan fingerprint density at radius 3 is 3.00 bits per heavy atom. The smallest absolute Gasteiger partial charge is 0.128 e. The lowest BCUT2D eigenvalue weighted by molar-refractivity contribution is 0.253. The van der Waals surface area contributed by atoms with Gasteiger partial charge in [0.2, 0.25) is 0 Å². The van der Waals surface area contributed by atoms with E-state index in [0.717, 1.165) is 36.6 Å². The summed E-state index contributed by atoms with van der Waals surface area (Å²) in [5.74, 6) is 1.82. The normalized spacial score (nSPS) is 17.8. The fraction of sp³-hybridized carbons (Fsp3) is 0.538. The van der Waals surface area contributed by atoms with Crippen LogP contribution < -0.4 is 14.8 Å². The molecule has 3 heteroatoms. The van der Waals surface area contributed by atoms with Gasteiger partial charge in [0.15, 0.2) is 0 Å². The number of ether oxygens (including phenoxy) is 2. The van der Waals surface area contributed by atoms with Crippen molar-refractivity contribution in [2.24, 2.45) is 0 Å². The van der Waals surface area contributed by atoms with Crippen molar-refractivity contribution in [2.75, 3.05) is 19.0 Å². The first-order valence-corrected chi connectivity index (χ1v) is 5.86. The summed E-state index contributed by atoms with van der Waals surface area (Å²) in [7, 11) is 1.68. The minimum absolute atomic E-state index is 0.268. The molecule has 1 N–H and O–H groups in total. The second kappa shape index (κ2) is 4.64. The number of benzene rings is 1. The Hall–Kier alpha value is -1.38. The van der Waals surface area contributed by atoms with Crippen LogP contribution in [0.3, 0.4) is 0 Å². The molecular weight excluding hydrogens is 202 g/mol. The van der Waals surface area contributed by atoms with Gasteiger partial charge in [-0.3, -0.25) is 0 Å². The molecule has 0 aliphatic carbocycles. The van der Waals surface area contributed by atoms with E-state index in [1.54, 1.807) is 7.11 Å². The van der Waals surface area contributed by atoms with Crippen LogP contribution in [0.2, 0.25) is 0 Å². The minimum atomic E-state index is 0.268. The zero-order valence-electron chi connectivity index (χ0n) is 10.2. The van der Waals surface area contributed by atoms with Crippen molar-refractivity contribution in [3.63, 3.8) is 0 Å². The first-order chi connectivity index (χ1) is 7.74. The van der Waals surface area contributed by atoms with Gasteiger partial charge in [-0.25, -0.2) is 0 Å². The molecule has 1 aliphatic heterocycles. The summed E-state index contributed by atoms with van der Waals surface area (Å²) >= 11 is 0. The highest BCUT2D eigenvalue weighted by atomic mass is 16.5. The highest BCUT2D eigenvalue weighted by Gasteiger charge is 2.23. The molecular formula is C13H19NO2. The van der Waals surface area contributed by atoms with E-state index in [9.17, 15) is 0 Å². The Morgan fingerprint density at radius 2 is 2.31 bits per heavy atom. The topological polar surface area (TPSA) is 30.5 Å². The lowest BCUT2D eigenvalue weighted by Gasteiger charge is -2.11. The Labute approximate surface area is 96.8 Å². The maximum atomic E-state index is 5.75. The van der Waals surface area contributed by atoms with Crippen molar-refractivity contribution in [3.05, 3.63) is 17.7 Å². The number of methoxy groups -OCH3 is 1. The molecule has 1 aliphatic rings. The summed E-state index contributed by atoms with van der Waals surface area (Å²) in [6.45, 7) is 5.23. The van der Waals surface area contributed by atoms with E-state index in [1.807, 2.05) is 6.07 Å². The summed E-state index contributed by atoms with van der Waals surface area (Å²) in [5.41, 5.74) is 2.43. The van der Waals surface area contributed by atoms with E-state index in [4.69, 9.17) is 9.47 Å². The van der Waals surface area contributed by atoms with Crippen molar-refractivity contribution in [3.8, 4) is 11.5 Å². The molecule has 0 fully saturated rings. The summed E-state index contributed by atoms with van der Waals surface area (Å²) in [4.78, 5) is 0. The Balaban J connectivity index is 2.31. The van der Waals surface area contributed by atoms with Crippen LogP contribution in [0.15, 0.2) is 12.1 Å². The van der Waals surface area contributed by atoms with E-state index in [1.165, 1.54) is 5.56 Å². The number of hydrogen-bond acceptors (Lipinski definition) is 3. The highest BCUT2D eigenvalue weighted by molar-refractivity contribution is 5.63. The van der Waals surface area contributed by atoms with E-state index in [-0.39, 0.29) is 6.10 Å². The van der Waals surface area contributed by atoms with Gasteiger partial charge in [-0.05, 0) is 13.3 Å². The van der Waals surface area contributed by atoms with Crippen molar-refractivity contribution in [1.29, 1.82) is 0 Å². The summed E-state index contributed by atoms with van der Waals surface area (Å²) in [6, 6.07) is 4.02. The minimum Gasteiger partial charge on any atom is -0.497 e. The fourth-order valence-corrected chi connectivity index (χ4v) is 2.02. The van der Waals surface area contributed by atoms with E-state index in [0.29, 0.717) is 0 Å². The van der Waals surface area contributed by atoms with Crippen LogP contribution >= 0.6 is 0 Å². The van der Waals surface area contributed by atoms with Crippen LogP contribution in [0.25, 0.3) is 0 Å². The molecule has 1 heterocycles. The Kier molecular flexibility index (Phi) is 3.22. The van der Waals surface area contributed by atoms with E-state index < -0.39 is 0 Å². The van der Waals surface area contributed by atoms with Gasteiger partial charge >= 0.3 is 0 Å². The van der Waals surface area contributed by atoms with Crippen LogP contribution in [0.4, 0.5) is 5.69 Å². The van der Waals surface area contributed by atoms with Gasteiger partial charge < -0.3 is 14.8 Å². The third-order valence-electron chi connectivity index (χ3n) is 2.80. The lowest BCUT2D eigenvalue weighted by atomic mass is 10.1. The van der Waals surface area contributed by atoms with Gasteiger partial charge in [0.1, 0.15) is 17.6 Å². The van der Waals surface area contributed by atoms with Gasteiger partial charge in [-0.2, -0.15) is 0 Å². The van der Waals surface area contributed by atoms with Gasteiger partial charge in [0.05, 0.1) is 7.11 Å². The predicted octanol–water partition coefficient (Wildman–Crippen LogP) is 2.84. The van der Waals surface area contributed by atoms with Crippen LogP contribution in [0.1, 0.15) is 25.8 Å². The maximum absolute atomic E-state index is 5.75. The Bertz CT molecular complexity index is 376. The molecule has 2 rings (SSSR count). The number of hydrogen-bond donors (Lipinski definition) is 1. The third kappa shape index (κ3) is 2.08. The van der Waals surface area contributed by atoms with Crippen LogP contribution in [-0.4, -0.2) is 19.8 Å². The first-order valence-electron chi connectivity index (χ1n) is 5.86. The molecule has 1 aromatic rings. The second-order valence-electron chi connectivity index (χ2n) is 4.21. The molecule has 0 spiro atoms. The second-order valence-corrected chi connectivity index (χ2v) is 4.21. The van der Waals surface area contributed by atoms with Crippen molar-refractivity contribution < 1.29 is 9.47 Å². The van der Waals surface area contributed by atoms with Gasteiger partial charge in [-0.1, -0.05) is 6.92 Å². The zero-order valence-corrected chi connectivity index (χ0v) is 10.2. The highest BCUT2D eigenvalue weighted by Crippen LogP contribution is 2.38. The van der Waals surface area contributed by atoms with Crippen molar-refractivity contribution in [2.45, 2.75) is 32.8 Å². The maximum Gasteiger partial charge on any atom is 0.128 e. The molecule has 0 saturated carbocycles. The zero-order chi connectivity index (χ0) is 11.5. The molecule has 0 saturated heterocycles. The number of anilines is 1. The molecule has 1 atom stereocenters. The largest absolute Gasteiger partial charge is 0.497 e. The molecule has 0 aromatic heterocycles. The average Bonchev–Trinajstić information content (AvgIpc) is 2.65. The monoisotopic (exact) mass is 221 g/mol. The fourth-order valence-electron chi connectivity index (χ4n) is 2.02. The number of nitrogens with one attached hydrogen (secondary N) is 1. The van der Waals surface area contributed by atoms with Crippen LogP contribution in [0, 0.1) is 0 Å². The van der Waals surface area contributed by atoms with Gasteiger partial charge in [0.25, 0.3) is 0 Å². The number of fused-ring (bicyclic) bond motifs is 1. The molecule has 16 heavy (non-hydrogen) atoms. The standard InChI is InChI=1S/C13H19NO2/c1-4-5-14-12-7-10(15-3)8-13-11(12)6-9(2)16-13/h7-9,14H,4-6H2,1-3H3. The molecule has 1 aromatic carbocycles. The van der Waals surface area contributed by atoms with Crippen molar-refractivity contribution in [1.82, 2.24) is 0 Å². The van der Waals surface area contributed by atoms with Crippen LogP contribution in [0.5, 0.6) is 11.5 Å². The molecule has 0 amide bonds. The van der Waals surface area contributed by atoms with Crippen molar-refractivity contribution >= 4 is 5.69 Å². The molecule has 0 bridgehead atoms. The third-order valence-corrected chi connectivity index (χ3v) is 2.80. The summed E-state index contributed by atoms with van der Waals surface area (Å²) in [5, 5.41) is 3.43. The molecule has 88 valence electrons. The average molecular weight is 221 g/mol. The molecule has 3 nitrogen and oxygen atoms in total. The Morgan fingerprint density at radius 1 is 1.50 bits per heavy atom. The predicted molar refractivity (Wildman–Crippen MR) is 65.6 cm³/mol. The first kappa shape index (κ1) is 11.1. The summed E-state index contributed by atoms with van der Waals surface area (Å²) in [6.07, 6.45) is 2.36. The number of rotatable bonds is 4.